The molecule has 2 saturated carbocycles. The van der Waals surface area contributed by atoms with Crippen LogP contribution in [0, 0.1) is 11.8 Å². The molecule has 0 aliphatic heterocycles. The summed E-state index contributed by atoms with van der Waals surface area (Å²) in [5.41, 5.74) is 6.42. The molecule has 3 atom stereocenters. The molecule has 0 aromatic rings. The van der Waals surface area contributed by atoms with Gasteiger partial charge >= 0.3 is 0 Å². The maximum atomic E-state index is 12.8. The van der Waals surface area contributed by atoms with E-state index in [0.717, 1.165) is 25.8 Å². The molecular weight excluding hydrogens is 250 g/mol. The summed E-state index contributed by atoms with van der Waals surface area (Å²) in [6, 6.07) is 0.0467. The minimum atomic E-state index is 0.0213. The van der Waals surface area contributed by atoms with E-state index in [1.165, 1.54) is 19.3 Å². The van der Waals surface area contributed by atoms with Crippen LogP contribution in [0.2, 0.25) is 0 Å². The molecule has 0 bridgehead atoms. The van der Waals surface area contributed by atoms with E-state index in [0.29, 0.717) is 5.92 Å². The summed E-state index contributed by atoms with van der Waals surface area (Å²) >= 11 is 0. The Balaban J connectivity index is 2.01. The first-order chi connectivity index (χ1) is 9.37. The van der Waals surface area contributed by atoms with E-state index >= 15 is 0 Å². The Morgan fingerprint density at radius 2 is 1.85 bits per heavy atom. The van der Waals surface area contributed by atoms with E-state index in [1.54, 1.807) is 0 Å². The number of nitrogens with two attached hydrogens (primary N) is 1. The topological polar surface area (TPSA) is 49.6 Å². The molecular formula is C16H31N3O. The molecule has 4 heteroatoms. The van der Waals surface area contributed by atoms with Crippen molar-refractivity contribution < 1.29 is 4.79 Å². The lowest BCUT2D eigenvalue weighted by atomic mass is 9.74. The van der Waals surface area contributed by atoms with Gasteiger partial charge in [-0.25, -0.2) is 0 Å². The monoisotopic (exact) mass is 281 g/mol. The molecule has 3 unspecified atom stereocenters. The quantitative estimate of drug-likeness (QED) is 0.853. The van der Waals surface area contributed by atoms with Crippen LogP contribution in [0.3, 0.4) is 0 Å². The Bertz CT molecular complexity index is 342. The van der Waals surface area contributed by atoms with Gasteiger partial charge in [0.15, 0.2) is 0 Å². The summed E-state index contributed by atoms with van der Waals surface area (Å²) in [7, 11) is 6.22. The van der Waals surface area contributed by atoms with E-state index in [1.807, 2.05) is 11.9 Å². The summed E-state index contributed by atoms with van der Waals surface area (Å²) in [5.74, 6) is 0.705. The number of nitrogens with zero attached hydrogens (tertiary/aromatic N) is 2. The zero-order valence-electron chi connectivity index (χ0n) is 13.6. The second-order valence-corrected chi connectivity index (χ2v) is 7.26. The molecule has 20 heavy (non-hydrogen) atoms. The van der Waals surface area contributed by atoms with E-state index in [9.17, 15) is 4.79 Å². The second kappa shape index (κ2) is 6.02. The first-order valence-corrected chi connectivity index (χ1v) is 8.05. The van der Waals surface area contributed by atoms with Crippen LogP contribution in [0.4, 0.5) is 0 Å². The van der Waals surface area contributed by atoms with Gasteiger partial charge in [-0.05, 0) is 52.1 Å². The lowest BCUT2D eigenvalue weighted by molar-refractivity contribution is -0.140. The lowest BCUT2D eigenvalue weighted by Crippen LogP contribution is -2.59. The molecule has 0 aromatic heterocycles. The Hall–Kier alpha value is -0.610. The Morgan fingerprint density at radius 3 is 2.30 bits per heavy atom. The SMILES string of the molecule is CC1CCCC(N)C1C(=O)N(C)CC1(N(C)C)CCC1. The van der Waals surface area contributed by atoms with Gasteiger partial charge in [-0.2, -0.15) is 0 Å². The van der Waals surface area contributed by atoms with Gasteiger partial charge in [-0.15, -0.1) is 0 Å². The Kier molecular flexibility index (Phi) is 4.75. The van der Waals surface area contributed by atoms with Gasteiger partial charge in [0.05, 0.1) is 5.92 Å². The normalized spacial score (nSPS) is 32.8. The van der Waals surface area contributed by atoms with Gasteiger partial charge in [0, 0.05) is 25.2 Å². The third kappa shape index (κ3) is 2.86. The third-order valence-electron chi connectivity index (χ3n) is 5.70. The summed E-state index contributed by atoms with van der Waals surface area (Å²) in [4.78, 5) is 17.0. The highest BCUT2D eigenvalue weighted by atomic mass is 16.2. The van der Waals surface area contributed by atoms with Gasteiger partial charge in [0.25, 0.3) is 0 Å². The molecule has 2 rings (SSSR count). The van der Waals surface area contributed by atoms with Crippen LogP contribution in [0.5, 0.6) is 0 Å². The lowest BCUT2D eigenvalue weighted by Gasteiger charge is -2.50. The highest BCUT2D eigenvalue weighted by Crippen LogP contribution is 2.37. The van der Waals surface area contributed by atoms with Crippen LogP contribution in [0.25, 0.3) is 0 Å². The maximum Gasteiger partial charge on any atom is 0.227 e. The Labute approximate surface area is 123 Å². The number of hydrogen-bond acceptors (Lipinski definition) is 3. The van der Waals surface area contributed by atoms with Crippen molar-refractivity contribution in [1.82, 2.24) is 9.80 Å². The standard InChI is InChI=1S/C16H31N3O/c1-12-7-5-8-13(17)14(12)15(20)19(4)11-16(18(2)3)9-6-10-16/h12-14H,5-11,17H2,1-4H3. The van der Waals surface area contributed by atoms with Gasteiger partial charge in [-0.3, -0.25) is 4.79 Å². The molecule has 0 radical (unpaired) electrons. The molecule has 0 saturated heterocycles. The molecule has 2 N–H and O–H groups in total. The molecule has 4 nitrogen and oxygen atoms in total. The number of amides is 1. The number of carbonyl (C=O) groups excluding carboxylic acids is 1. The summed E-state index contributed by atoms with van der Waals surface area (Å²) in [5, 5.41) is 0. The van der Waals surface area contributed by atoms with Crippen molar-refractivity contribution in [2.45, 2.75) is 57.0 Å². The highest BCUT2D eigenvalue weighted by Gasteiger charge is 2.43. The first-order valence-electron chi connectivity index (χ1n) is 8.05. The minimum absolute atomic E-state index is 0.0213. The fourth-order valence-electron chi connectivity index (χ4n) is 3.99. The van der Waals surface area contributed by atoms with Crippen molar-refractivity contribution in [3.05, 3.63) is 0 Å². The minimum Gasteiger partial charge on any atom is -0.344 e. The van der Waals surface area contributed by atoms with Gasteiger partial charge in [0.2, 0.25) is 5.91 Å². The van der Waals surface area contributed by atoms with Gasteiger partial charge < -0.3 is 15.5 Å². The largest absolute Gasteiger partial charge is 0.344 e. The maximum absolute atomic E-state index is 12.8. The molecule has 0 spiro atoms. The van der Waals surface area contributed by atoms with Crippen LogP contribution in [0.1, 0.15) is 45.4 Å². The number of likely N-dealkylation sites (N-methyl/N-ethyl adjacent to an activating group) is 2. The van der Waals surface area contributed by atoms with Crippen LogP contribution in [-0.4, -0.2) is 55.0 Å². The molecule has 2 aliphatic carbocycles. The van der Waals surface area contributed by atoms with E-state index < -0.39 is 0 Å². The van der Waals surface area contributed by atoms with E-state index in [-0.39, 0.29) is 23.4 Å². The van der Waals surface area contributed by atoms with E-state index in [2.05, 4.69) is 25.9 Å². The van der Waals surface area contributed by atoms with Crippen LogP contribution >= 0.6 is 0 Å². The van der Waals surface area contributed by atoms with Gasteiger partial charge in [-0.1, -0.05) is 13.3 Å². The smallest absolute Gasteiger partial charge is 0.227 e. The fourth-order valence-corrected chi connectivity index (χ4v) is 3.99. The summed E-state index contributed by atoms with van der Waals surface area (Å²) in [6.45, 7) is 3.02. The summed E-state index contributed by atoms with van der Waals surface area (Å²) in [6.07, 6.45) is 6.97. The third-order valence-corrected chi connectivity index (χ3v) is 5.70. The highest BCUT2D eigenvalue weighted by molar-refractivity contribution is 5.79. The molecule has 2 aliphatic rings. The molecule has 116 valence electrons. The van der Waals surface area contributed by atoms with Crippen LogP contribution in [0.15, 0.2) is 0 Å². The molecule has 2 fully saturated rings. The molecule has 0 aromatic carbocycles. The molecule has 0 heterocycles. The van der Waals surface area contributed by atoms with Crippen molar-refractivity contribution in [1.29, 1.82) is 0 Å². The van der Waals surface area contributed by atoms with Crippen molar-refractivity contribution in [2.75, 3.05) is 27.7 Å². The zero-order chi connectivity index (χ0) is 14.9. The van der Waals surface area contributed by atoms with Crippen LogP contribution < -0.4 is 5.73 Å². The molecule has 1 amide bonds. The van der Waals surface area contributed by atoms with Crippen molar-refractivity contribution >= 4 is 5.91 Å². The number of hydrogen-bond donors (Lipinski definition) is 1. The predicted octanol–water partition coefficient (Wildman–Crippen LogP) is 1.69. The Morgan fingerprint density at radius 1 is 1.20 bits per heavy atom. The predicted molar refractivity (Wildman–Crippen MR) is 82.4 cm³/mol. The first kappa shape index (κ1) is 15.8. The van der Waals surface area contributed by atoms with Gasteiger partial charge in [0.1, 0.15) is 0 Å². The fraction of sp³-hybridized carbons (Fsp3) is 0.938. The van der Waals surface area contributed by atoms with Crippen LogP contribution in [-0.2, 0) is 4.79 Å². The van der Waals surface area contributed by atoms with Crippen molar-refractivity contribution in [2.24, 2.45) is 17.6 Å². The number of carbonyl (C=O) groups is 1. The number of rotatable bonds is 4. The van der Waals surface area contributed by atoms with Crippen molar-refractivity contribution in [3.8, 4) is 0 Å². The second-order valence-electron chi connectivity index (χ2n) is 7.26. The zero-order valence-corrected chi connectivity index (χ0v) is 13.6. The average molecular weight is 281 g/mol. The average Bonchev–Trinajstić information content (AvgIpc) is 2.32. The van der Waals surface area contributed by atoms with E-state index in [4.69, 9.17) is 5.73 Å². The van der Waals surface area contributed by atoms with Crippen molar-refractivity contribution in [3.63, 3.8) is 0 Å². The summed E-state index contributed by atoms with van der Waals surface area (Å²) < 4.78 is 0.